The first-order chi connectivity index (χ1) is 17.2. The third kappa shape index (κ3) is 5.04. The van der Waals surface area contributed by atoms with Gasteiger partial charge in [0.15, 0.2) is 5.65 Å². The number of hydrogen-bond acceptors (Lipinski definition) is 7. The van der Waals surface area contributed by atoms with Crippen molar-refractivity contribution in [2.75, 3.05) is 18.4 Å². The summed E-state index contributed by atoms with van der Waals surface area (Å²) in [5, 5.41) is 10.2. The van der Waals surface area contributed by atoms with Gasteiger partial charge in [0.25, 0.3) is 0 Å². The summed E-state index contributed by atoms with van der Waals surface area (Å²) in [5.41, 5.74) is 3.14. The van der Waals surface area contributed by atoms with Gasteiger partial charge in [0, 0.05) is 57.8 Å². The molecule has 0 atom stereocenters. The number of aromatic nitrogens is 4. The second-order valence-corrected chi connectivity index (χ2v) is 11.8. The average molecular weight is 566 g/mol. The average Bonchev–Trinajstić information content (AvgIpc) is 3.66. The van der Waals surface area contributed by atoms with E-state index >= 15 is 0 Å². The van der Waals surface area contributed by atoms with Gasteiger partial charge in [-0.05, 0) is 77.1 Å². The first-order valence-corrected chi connectivity index (χ1v) is 14.2. The Kier molecular flexibility index (Phi) is 6.65. The van der Waals surface area contributed by atoms with E-state index in [1.54, 1.807) is 6.20 Å². The molecular weight excluding hydrogens is 540 g/mol. The third-order valence-corrected chi connectivity index (χ3v) is 9.15. The number of rotatable bonds is 7. The molecular formula is C26H25BrN6S2. The van der Waals surface area contributed by atoms with Crippen molar-refractivity contribution in [1.29, 1.82) is 0 Å². The fourth-order valence-corrected chi connectivity index (χ4v) is 6.84. The Morgan fingerprint density at radius 2 is 1.97 bits per heavy atom. The predicted octanol–water partition coefficient (Wildman–Crippen LogP) is 6.67. The molecule has 1 fully saturated rings. The van der Waals surface area contributed by atoms with E-state index in [1.807, 2.05) is 45.6 Å². The monoisotopic (exact) mass is 564 g/mol. The van der Waals surface area contributed by atoms with Gasteiger partial charge < -0.3 is 5.32 Å². The van der Waals surface area contributed by atoms with Crippen molar-refractivity contribution in [3.63, 3.8) is 0 Å². The first kappa shape index (κ1) is 22.8. The molecule has 0 spiro atoms. The molecule has 5 aromatic rings. The molecule has 0 unspecified atom stereocenters. The van der Waals surface area contributed by atoms with E-state index in [9.17, 15) is 0 Å². The maximum Gasteiger partial charge on any atom is 0.171 e. The quantitative estimate of drug-likeness (QED) is 0.239. The Labute approximate surface area is 220 Å². The minimum absolute atomic E-state index is 0.446. The van der Waals surface area contributed by atoms with E-state index in [4.69, 9.17) is 4.98 Å². The number of piperidine rings is 1. The zero-order valence-corrected chi connectivity index (χ0v) is 22.3. The Morgan fingerprint density at radius 1 is 1.06 bits per heavy atom. The van der Waals surface area contributed by atoms with E-state index in [2.05, 4.69) is 78.0 Å². The van der Waals surface area contributed by atoms with Crippen LogP contribution >= 0.6 is 38.6 Å². The topological polar surface area (TPSA) is 58.4 Å². The zero-order chi connectivity index (χ0) is 23.6. The molecule has 0 aromatic carbocycles. The Hall–Kier alpha value is -2.59. The molecule has 0 aliphatic carbocycles. The number of likely N-dealkylation sites (tertiary alicyclic amines) is 1. The van der Waals surface area contributed by atoms with Gasteiger partial charge in [-0.15, -0.1) is 22.7 Å². The van der Waals surface area contributed by atoms with Crippen LogP contribution in [-0.4, -0.2) is 37.6 Å². The normalized spacial score (nSPS) is 15.1. The lowest BCUT2D eigenvalue weighted by Crippen LogP contribution is -2.32. The lowest BCUT2D eigenvalue weighted by molar-refractivity contribution is 0.205. The summed E-state index contributed by atoms with van der Waals surface area (Å²) in [4.78, 5) is 16.0. The molecule has 0 saturated carbocycles. The van der Waals surface area contributed by atoms with Crippen molar-refractivity contribution < 1.29 is 0 Å². The molecule has 0 bridgehead atoms. The molecule has 178 valence electrons. The molecule has 1 saturated heterocycles. The fraction of sp³-hybridized carbons (Fsp3) is 0.269. The van der Waals surface area contributed by atoms with E-state index in [0.717, 1.165) is 59.7 Å². The molecule has 1 N–H and O–H groups in total. The third-order valence-electron chi connectivity index (χ3n) is 6.46. The fourth-order valence-electron chi connectivity index (χ4n) is 4.61. The highest BCUT2D eigenvalue weighted by atomic mass is 79.9. The number of nitrogens with one attached hydrogen (secondary N) is 1. The van der Waals surface area contributed by atoms with Crippen LogP contribution in [0, 0.1) is 0 Å². The van der Waals surface area contributed by atoms with E-state index < -0.39 is 0 Å². The van der Waals surface area contributed by atoms with Crippen molar-refractivity contribution in [2.24, 2.45) is 0 Å². The molecule has 6 rings (SSSR count). The van der Waals surface area contributed by atoms with Gasteiger partial charge in [0.05, 0.1) is 10.7 Å². The highest BCUT2D eigenvalue weighted by Gasteiger charge is 2.24. The van der Waals surface area contributed by atoms with Gasteiger partial charge in [-0.1, -0.05) is 12.1 Å². The molecule has 1 aliphatic rings. The molecule has 6 heterocycles. The summed E-state index contributed by atoms with van der Waals surface area (Å²) in [7, 11) is 0. The van der Waals surface area contributed by atoms with Crippen LogP contribution in [0.5, 0.6) is 0 Å². The SMILES string of the molecule is Brc1cnn2c(NCc3cccnc3)cc(C3CCN(Cc4ccc(-c5cccs5)s4)CC3)nc12. The van der Waals surface area contributed by atoms with Crippen LogP contribution in [0.4, 0.5) is 5.82 Å². The van der Waals surface area contributed by atoms with Crippen molar-refractivity contribution in [3.8, 4) is 9.75 Å². The standard InChI is InChI=1S/C26H25BrN6S2/c27-21-16-30-33-25(29-15-18-3-1-9-28-14-18)13-22(31-26(21)33)19-7-10-32(11-8-19)17-20-5-6-24(35-20)23-4-2-12-34-23/h1-6,9,12-14,16,19,29H,7-8,10-11,15,17H2. The largest absolute Gasteiger partial charge is 0.366 e. The summed E-state index contributed by atoms with van der Waals surface area (Å²) in [6, 6.07) is 15.1. The number of fused-ring (bicyclic) bond motifs is 1. The number of halogens is 1. The van der Waals surface area contributed by atoms with E-state index in [1.165, 1.54) is 14.6 Å². The van der Waals surface area contributed by atoms with Crippen molar-refractivity contribution in [1.82, 2.24) is 24.5 Å². The number of hydrogen-bond donors (Lipinski definition) is 1. The molecule has 6 nitrogen and oxygen atoms in total. The molecule has 35 heavy (non-hydrogen) atoms. The van der Waals surface area contributed by atoms with Crippen LogP contribution < -0.4 is 5.32 Å². The Morgan fingerprint density at radius 3 is 2.77 bits per heavy atom. The highest BCUT2D eigenvalue weighted by molar-refractivity contribution is 9.10. The van der Waals surface area contributed by atoms with Gasteiger partial charge in [-0.2, -0.15) is 9.61 Å². The maximum absolute atomic E-state index is 5.00. The second kappa shape index (κ2) is 10.2. The van der Waals surface area contributed by atoms with Crippen molar-refractivity contribution in [3.05, 3.63) is 87.0 Å². The second-order valence-electron chi connectivity index (χ2n) is 8.80. The van der Waals surface area contributed by atoms with Gasteiger partial charge in [-0.25, -0.2) is 4.98 Å². The summed E-state index contributed by atoms with van der Waals surface area (Å²) >= 11 is 7.36. The van der Waals surface area contributed by atoms with E-state index in [0.29, 0.717) is 12.5 Å². The summed E-state index contributed by atoms with van der Waals surface area (Å²) in [5.74, 6) is 1.41. The maximum atomic E-state index is 5.00. The van der Waals surface area contributed by atoms with Crippen LogP contribution in [0.1, 0.15) is 34.9 Å². The number of anilines is 1. The van der Waals surface area contributed by atoms with Gasteiger partial charge in [0.1, 0.15) is 5.82 Å². The minimum atomic E-state index is 0.446. The summed E-state index contributed by atoms with van der Waals surface area (Å²) < 4.78 is 2.79. The highest BCUT2D eigenvalue weighted by Crippen LogP contribution is 2.34. The molecule has 0 amide bonds. The van der Waals surface area contributed by atoms with Gasteiger partial charge in [0.2, 0.25) is 0 Å². The smallest absolute Gasteiger partial charge is 0.171 e. The summed E-state index contributed by atoms with van der Waals surface area (Å²) in [6.45, 7) is 3.89. The molecule has 0 radical (unpaired) electrons. The lowest BCUT2D eigenvalue weighted by atomic mass is 9.93. The van der Waals surface area contributed by atoms with Crippen LogP contribution in [0.3, 0.4) is 0 Å². The van der Waals surface area contributed by atoms with Gasteiger partial charge in [-0.3, -0.25) is 9.88 Å². The molecule has 1 aliphatic heterocycles. The van der Waals surface area contributed by atoms with E-state index in [-0.39, 0.29) is 0 Å². The van der Waals surface area contributed by atoms with Crippen LogP contribution in [0.2, 0.25) is 0 Å². The Balaban J connectivity index is 1.14. The van der Waals surface area contributed by atoms with Gasteiger partial charge >= 0.3 is 0 Å². The van der Waals surface area contributed by atoms with Crippen molar-refractivity contribution >= 4 is 50.1 Å². The molecule has 9 heteroatoms. The number of nitrogens with zero attached hydrogens (tertiary/aromatic N) is 5. The lowest BCUT2D eigenvalue weighted by Gasteiger charge is -2.31. The Bertz CT molecular complexity index is 1400. The molecule has 5 aromatic heterocycles. The number of pyridine rings is 1. The van der Waals surface area contributed by atoms with Crippen molar-refractivity contribution in [2.45, 2.75) is 31.8 Å². The van der Waals surface area contributed by atoms with Crippen LogP contribution in [0.25, 0.3) is 15.4 Å². The van der Waals surface area contributed by atoms with Crippen LogP contribution in [-0.2, 0) is 13.1 Å². The first-order valence-electron chi connectivity index (χ1n) is 11.7. The summed E-state index contributed by atoms with van der Waals surface area (Å²) in [6.07, 6.45) is 7.72. The zero-order valence-electron chi connectivity index (χ0n) is 19.1. The predicted molar refractivity (Wildman–Crippen MR) is 147 cm³/mol. The van der Waals surface area contributed by atoms with Crippen LogP contribution in [0.15, 0.2) is 70.9 Å². The minimum Gasteiger partial charge on any atom is -0.366 e. The number of thiophene rings is 2.